The van der Waals surface area contributed by atoms with Crippen LogP contribution in [-0.4, -0.2) is 45.7 Å². The van der Waals surface area contributed by atoms with Gasteiger partial charge < -0.3 is 10.2 Å². The standard InChI is InChI=1S/C14H21N5/c1-12-6-4-11-19-13(12)16-14(17-19)15-7-5-10-18-8-2-3-9-18/h4,6,11H,2-3,5,7-10H2,1H3,(H,15,17). The van der Waals surface area contributed by atoms with Crippen molar-refractivity contribution in [3.8, 4) is 0 Å². The number of hydrogen-bond donors (Lipinski definition) is 1. The van der Waals surface area contributed by atoms with Crippen molar-refractivity contribution in [2.24, 2.45) is 0 Å². The first-order valence-electron chi connectivity index (χ1n) is 7.11. The van der Waals surface area contributed by atoms with Crippen LogP contribution in [0, 0.1) is 6.92 Å². The fourth-order valence-corrected chi connectivity index (χ4v) is 2.62. The minimum Gasteiger partial charge on any atom is -0.353 e. The highest BCUT2D eigenvalue weighted by molar-refractivity contribution is 5.49. The molecule has 0 amide bonds. The Kier molecular flexibility index (Phi) is 3.64. The van der Waals surface area contributed by atoms with Crippen molar-refractivity contribution in [2.75, 3.05) is 31.5 Å². The molecule has 0 unspecified atom stereocenters. The SMILES string of the molecule is Cc1cccn2nc(NCCCN3CCCC3)nc12. The van der Waals surface area contributed by atoms with Gasteiger partial charge in [0.1, 0.15) is 0 Å². The Labute approximate surface area is 113 Å². The predicted molar refractivity (Wildman–Crippen MR) is 76.5 cm³/mol. The van der Waals surface area contributed by atoms with Crippen molar-refractivity contribution in [3.63, 3.8) is 0 Å². The van der Waals surface area contributed by atoms with Crippen LogP contribution in [0.3, 0.4) is 0 Å². The molecule has 1 N–H and O–H groups in total. The van der Waals surface area contributed by atoms with Gasteiger partial charge >= 0.3 is 0 Å². The van der Waals surface area contributed by atoms with E-state index in [0.29, 0.717) is 0 Å². The Morgan fingerprint density at radius 3 is 2.95 bits per heavy atom. The predicted octanol–water partition coefficient (Wildman–Crippen LogP) is 1.94. The number of nitrogens with zero attached hydrogens (tertiary/aromatic N) is 4. The Morgan fingerprint density at radius 1 is 1.32 bits per heavy atom. The lowest BCUT2D eigenvalue weighted by atomic mass is 10.3. The van der Waals surface area contributed by atoms with Gasteiger partial charge in [-0.25, -0.2) is 4.52 Å². The summed E-state index contributed by atoms with van der Waals surface area (Å²) in [7, 11) is 0. The molecule has 0 saturated carbocycles. The van der Waals surface area contributed by atoms with E-state index >= 15 is 0 Å². The van der Waals surface area contributed by atoms with E-state index in [4.69, 9.17) is 0 Å². The van der Waals surface area contributed by atoms with Gasteiger partial charge in [0.2, 0.25) is 5.95 Å². The second-order valence-corrected chi connectivity index (χ2v) is 5.22. The van der Waals surface area contributed by atoms with Crippen molar-refractivity contribution in [1.29, 1.82) is 0 Å². The molecule has 1 saturated heterocycles. The van der Waals surface area contributed by atoms with E-state index in [1.165, 1.54) is 32.5 Å². The highest BCUT2D eigenvalue weighted by atomic mass is 15.3. The molecule has 0 radical (unpaired) electrons. The zero-order chi connectivity index (χ0) is 13.1. The summed E-state index contributed by atoms with van der Waals surface area (Å²) in [6, 6.07) is 4.05. The van der Waals surface area contributed by atoms with Gasteiger partial charge in [-0.1, -0.05) is 6.07 Å². The number of rotatable bonds is 5. The third kappa shape index (κ3) is 2.87. The van der Waals surface area contributed by atoms with Crippen LogP contribution in [0.5, 0.6) is 0 Å². The summed E-state index contributed by atoms with van der Waals surface area (Å²) in [5.41, 5.74) is 2.09. The number of aryl methyl sites for hydroxylation is 1. The van der Waals surface area contributed by atoms with Gasteiger partial charge in [0, 0.05) is 12.7 Å². The van der Waals surface area contributed by atoms with Crippen molar-refractivity contribution in [3.05, 3.63) is 23.9 Å². The fourth-order valence-electron chi connectivity index (χ4n) is 2.62. The lowest BCUT2D eigenvalue weighted by molar-refractivity contribution is 0.337. The Morgan fingerprint density at radius 2 is 2.16 bits per heavy atom. The van der Waals surface area contributed by atoms with Crippen LogP contribution in [0.2, 0.25) is 0 Å². The molecule has 0 spiro atoms. The molecule has 2 aromatic rings. The van der Waals surface area contributed by atoms with E-state index in [0.717, 1.165) is 30.1 Å². The van der Waals surface area contributed by atoms with E-state index in [1.807, 2.05) is 16.8 Å². The third-order valence-corrected chi connectivity index (χ3v) is 3.69. The number of hydrogen-bond acceptors (Lipinski definition) is 4. The second-order valence-electron chi connectivity index (χ2n) is 5.22. The quantitative estimate of drug-likeness (QED) is 0.833. The second kappa shape index (κ2) is 5.57. The fraction of sp³-hybridized carbons (Fsp3) is 0.571. The van der Waals surface area contributed by atoms with E-state index in [-0.39, 0.29) is 0 Å². The minimum atomic E-state index is 0.732. The monoisotopic (exact) mass is 259 g/mol. The molecule has 3 rings (SSSR count). The molecular formula is C14H21N5. The van der Waals surface area contributed by atoms with Crippen LogP contribution in [0.25, 0.3) is 5.65 Å². The lowest BCUT2D eigenvalue weighted by Gasteiger charge is -2.13. The summed E-state index contributed by atoms with van der Waals surface area (Å²) in [6.07, 6.45) is 5.81. The maximum Gasteiger partial charge on any atom is 0.243 e. The number of likely N-dealkylation sites (tertiary alicyclic amines) is 1. The van der Waals surface area contributed by atoms with Gasteiger partial charge in [0.25, 0.3) is 0 Å². The maximum absolute atomic E-state index is 4.51. The van der Waals surface area contributed by atoms with Gasteiger partial charge in [-0.05, 0) is 57.5 Å². The summed E-state index contributed by atoms with van der Waals surface area (Å²) in [5, 5.41) is 7.74. The molecule has 5 nitrogen and oxygen atoms in total. The highest BCUT2D eigenvalue weighted by Gasteiger charge is 2.10. The molecule has 1 fully saturated rings. The smallest absolute Gasteiger partial charge is 0.243 e. The first-order valence-corrected chi connectivity index (χ1v) is 7.11. The van der Waals surface area contributed by atoms with Crippen LogP contribution >= 0.6 is 0 Å². The third-order valence-electron chi connectivity index (χ3n) is 3.69. The van der Waals surface area contributed by atoms with Crippen LogP contribution in [0.4, 0.5) is 5.95 Å². The molecular weight excluding hydrogens is 238 g/mol. The average molecular weight is 259 g/mol. The zero-order valence-electron chi connectivity index (χ0n) is 11.5. The van der Waals surface area contributed by atoms with Crippen LogP contribution in [-0.2, 0) is 0 Å². The maximum atomic E-state index is 4.51. The van der Waals surface area contributed by atoms with E-state index in [2.05, 4.69) is 33.3 Å². The highest BCUT2D eigenvalue weighted by Crippen LogP contribution is 2.10. The van der Waals surface area contributed by atoms with Gasteiger partial charge in [-0.3, -0.25) is 0 Å². The van der Waals surface area contributed by atoms with Crippen LogP contribution in [0.1, 0.15) is 24.8 Å². The lowest BCUT2D eigenvalue weighted by Crippen LogP contribution is -2.22. The van der Waals surface area contributed by atoms with E-state index in [9.17, 15) is 0 Å². The molecule has 2 aromatic heterocycles. The molecule has 5 heteroatoms. The van der Waals surface area contributed by atoms with Gasteiger partial charge in [-0.15, -0.1) is 5.10 Å². The van der Waals surface area contributed by atoms with Crippen molar-refractivity contribution < 1.29 is 0 Å². The topological polar surface area (TPSA) is 45.5 Å². The van der Waals surface area contributed by atoms with Gasteiger partial charge in [0.15, 0.2) is 5.65 Å². The summed E-state index contributed by atoms with van der Waals surface area (Å²) >= 11 is 0. The molecule has 102 valence electrons. The summed E-state index contributed by atoms with van der Waals surface area (Å²) in [5.74, 6) is 0.732. The van der Waals surface area contributed by atoms with Crippen LogP contribution < -0.4 is 5.32 Å². The number of fused-ring (bicyclic) bond motifs is 1. The zero-order valence-corrected chi connectivity index (χ0v) is 11.5. The van der Waals surface area contributed by atoms with E-state index < -0.39 is 0 Å². The minimum absolute atomic E-state index is 0.732. The summed E-state index contributed by atoms with van der Waals surface area (Å²) < 4.78 is 1.83. The molecule has 0 atom stereocenters. The molecule has 0 bridgehead atoms. The molecule has 1 aliphatic heterocycles. The average Bonchev–Trinajstić information content (AvgIpc) is 3.04. The van der Waals surface area contributed by atoms with E-state index in [1.54, 1.807) is 0 Å². The number of nitrogens with one attached hydrogen (secondary N) is 1. The normalized spacial score (nSPS) is 16.3. The largest absolute Gasteiger partial charge is 0.353 e. The Balaban J connectivity index is 1.52. The first-order chi connectivity index (χ1) is 9.33. The summed E-state index contributed by atoms with van der Waals surface area (Å²) in [6.45, 7) is 6.71. The molecule has 1 aliphatic rings. The number of anilines is 1. The molecule has 19 heavy (non-hydrogen) atoms. The van der Waals surface area contributed by atoms with Crippen molar-refractivity contribution >= 4 is 11.6 Å². The van der Waals surface area contributed by atoms with Crippen LogP contribution in [0.15, 0.2) is 18.3 Å². The Hall–Kier alpha value is -1.62. The molecule has 0 aliphatic carbocycles. The van der Waals surface area contributed by atoms with Gasteiger partial charge in [0.05, 0.1) is 0 Å². The molecule has 0 aromatic carbocycles. The Bertz CT molecular complexity index is 542. The van der Waals surface area contributed by atoms with Crippen molar-refractivity contribution in [1.82, 2.24) is 19.5 Å². The number of pyridine rings is 1. The van der Waals surface area contributed by atoms with Crippen molar-refractivity contribution in [2.45, 2.75) is 26.2 Å². The number of aromatic nitrogens is 3. The molecule has 3 heterocycles. The van der Waals surface area contributed by atoms with Gasteiger partial charge in [-0.2, -0.15) is 4.98 Å². The summed E-state index contributed by atoms with van der Waals surface area (Å²) in [4.78, 5) is 7.04. The first kappa shape index (κ1) is 12.4.